The fraction of sp³-hybridized carbons (Fsp3) is 0. The zero-order valence-electron chi connectivity index (χ0n) is 12.1. The van der Waals surface area contributed by atoms with E-state index in [9.17, 15) is 9.79 Å². The SMILES string of the molecule is OP(O)Oc1ccc(Cl)c(-c2ccccc2)c1-c1ccccc1. The maximum Gasteiger partial charge on any atom is 0.391 e. The largest absolute Gasteiger partial charge is 0.426 e. The first-order valence-corrected chi connectivity index (χ1v) is 8.50. The molecule has 5 heteroatoms. The van der Waals surface area contributed by atoms with Crippen LogP contribution in [0.25, 0.3) is 22.3 Å². The molecule has 3 aromatic rings. The summed E-state index contributed by atoms with van der Waals surface area (Å²) in [5, 5.41) is 0.572. The molecule has 0 aliphatic rings. The van der Waals surface area contributed by atoms with Gasteiger partial charge in [-0.2, -0.15) is 0 Å². The lowest BCUT2D eigenvalue weighted by Gasteiger charge is -2.17. The van der Waals surface area contributed by atoms with Gasteiger partial charge in [-0.25, -0.2) is 0 Å². The Morgan fingerprint density at radius 1 is 0.696 bits per heavy atom. The summed E-state index contributed by atoms with van der Waals surface area (Å²) in [4.78, 5) is 18.5. The third kappa shape index (κ3) is 3.54. The fourth-order valence-electron chi connectivity index (χ4n) is 2.50. The topological polar surface area (TPSA) is 49.7 Å². The number of hydrogen-bond donors (Lipinski definition) is 2. The van der Waals surface area contributed by atoms with Crippen molar-refractivity contribution in [3.8, 4) is 28.0 Å². The molecule has 0 bridgehead atoms. The second kappa shape index (κ2) is 7.12. The van der Waals surface area contributed by atoms with E-state index in [0.717, 1.165) is 22.3 Å². The van der Waals surface area contributed by atoms with Gasteiger partial charge in [0.15, 0.2) is 0 Å². The first-order chi connectivity index (χ1) is 11.2. The van der Waals surface area contributed by atoms with Crippen LogP contribution in [0.15, 0.2) is 72.8 Å². The Balaban J connectivity index is 2.29. The van der Waals surface area contributed by atoms with Crippen LogP contribution in [0.1, 0.15) is 0 Å². The molecule has 0 fully saturated rings. The van der Waals surface area contributed by atoms with E-state index in [-0.39, 0.29) is 0 Å². The highest BCUT2D eigenvalue weighted by molar-refractivity contribution is 7.39. The van der Waals surface area contributed by atoms with Crippen LogP contribution in [0.3, 0.4) is 0 Å². The van der Waals surface area contributed by atoms with Crippen LogP contribution < -0.4 is 4.52 Å². The maximum atomic E-state index is 9.27. The molecule has 0 spiro atoms. The van der Waals surface area contributed by atoms with Crippen LogP contribution >= 0.6 is 20.2 Å². The Hall–Kier alpha value is -1.90. The van der Waals surface area contributed by atoms with E-state index >= 15 is 0 Å². The normalized spacial score (nSPS) is 10.8. The number of halogens is 1. The summed E-state index contributed by atoms with van der Waals surface area (Å²) in [6.07, 6.45) is 0. The van der Waals surface area contributed by atoms with Crippen molar-refractivity contribution in [3.63, 3.8) is 0 Å². The number of benzene rings is 3. The Labute approximate surface area is 140 Å². The smallest absolute Gasteiger partial charge is 0.391 e. The number of rotatable bonds is 4. The molecular formula is C18H14ClO3P. The van der Waals surface area contributed by atoms with Gasteiger partial charge in [-0.05, 0) is 23.3 Å². The second-order valence-electron chi connectivity index (χ2n) is 4.87. The highest BCUT2D eigenvalue weighted by Crippen LogP contribution is 2.46. The van der Waals surface area contributed by atoms with Gasteiger partial charge in [-0.15, -0.1) is 0 Å². The molecule has 0 saturated heterocycles. The average molecular weight is 345 g/mol. The van der Waals surface area contributed by atoms with Gasteiger partial charge in [-0.1, -0.05) is 72.3 Å². The van der Waals surface area contributed by atoms with Crippen molar-refractivity contribution in [2.24, 2.45) is 0 Å². The van der Waals surface area contributed by atoms with Gasteiger partial charge in [0, 0.05) is 16.1 Å². The molecule has 0 saturated carbocycles. The van der Waals surface area contributed by atoms with Crippen LogP contribution in [-0.2, 0) is 0 Å². The van der Waals surface area contributed by atoms with Crippen LogP contribution in [-0.4, -0.2) is 9.79 Å². The van der Waals surface area contributed by atoms with Crippen molar-refractivity contribution in [2.75, 3.05) is 0 Å². The molecule has 116 valence electrons. The van der Waals surface area contributed by atoms with E-state index in [1.54, 1.807) is 12.1 Å². The Morgan fingerprint density at radius 3 is 1.74 bits per heavy atom. The first kappa shape index (κ1) is 16.0. The lowest BCUT2D eigenvalue weighted by atomic mass is 9.93. The van der Waals surface area contributed by atoms with E-state index in [1.807, 2.05) is 60.7 Å². The molecule has 23 heavy (non-hydrogen) atoms. The van der Waals surface area contributed by atoms with Crippen molar-refractivity contribution < 1.29 is 14.3 Å². The Bertz CT molecular complexity index is 792. The van der Waals surface area contributed by atoms with Crippen molar-refractivity contribution in [1.82, 2.24) is 0 Å². The van der Waals surface area contributed by atoms with Gasteiger partial charge in [-0.3, -0.25) is 0 Å². The third-order valence-corrected chi connectivity index (χ3v) is 4.10. The van der Waals surface area contributed by atoms with Crippen molar-refractivity contribution in [1.29, 1.82) is 0 Å². The summed E-state index contributed by atoms with van der Waals surface area (Å²) in [6, 6.07) is 22.7. The molecular weight excluding hydrogens is 331 g/mol. The molecule has 0 unspecified atom stereocenters. The minimum Gasteiger partial charge on any atom is -0.426 e. The summed E-state index contributed by atoms with van der Waals surface area (Å²) < 4.78 is 5.23. The van der Waals surface area contributed by atoms with Gasteiger partial charge in [0.05, 0.1) is 0 Å². The number of hydrogen-bond acceptors (Lipinski definition) is 3. The average Bonchev–Trinajstić information content (AvgIpc) is 2.57. The minimum absolute atomic E-state index is 0.385. The van der Waals surface area contributed by atoms with Crippen molar-refractivity contribution >= 4 is 20.2 Å². The molecule has 3 nitrogen and oxygen atoms in total. The summed E-state index contributed by atoms with van der Waals surface area (Å²) in [5.41, 5.74) is 3.36. The molecule has 3 rings (SSSR count). The zero-order valence-corrected chi connectivity index (χ0v) is 13.7. The van der Waals surface area contributed by atoms with E-state index in [0.29, 0.717) is 10.8 Å². The van der Waals surface area contributed by atoms with Crippen LogP contribution in [0, 0.1) is 0 Å². The van der Waals surface area contributed by atoms with E-state index in [4.69, 9.17) is 16.1 Å². The molecule has 0 aromatic heterocycles. The lowest BCUT2D eigenvalue weighted by Crippen LogP contribution is -1.93. The Kier molecular flexibility index (Phi) is 4.94. The highest BCUT2D eigenvalue weighted by Gasteiger charge is 2.18. The summed E-state index contributed by atoms with van der Waals surface area (Å²) in [5.74, 6) is 0.385. The fourth-order valence-corrected chi connectivity index (χ4v) is 3.10. The standard InChI is InChI=1S/C18H14ClO3P/c19-15-11-12-16(22-23(20)21)18(14-9-5-2-6-10-14)17(15)13-7-3-1-4-8-13/h1-12,20-21H. The minimum atomic E-state index is -2.52. The zero-order chi connectivity index (χ0) is 16.2. The monoisotopic (exact) mass is 344 g/mol. The van der Waals surface area contributed by atoms with Gasteiger partial charge >= 0.3 is 8.60 Å². The molecule has 0 atom stereocenters. The molecule has 0 aliphatic carbocycles. The van der Waals surface area contributed by atoms with Crippen molar-refractivity contribution in [2.45, 2.75) is 0 Å². The van der Waals surface area contributed by atoms with Gasteiger partial charge in [0.1, 0.15) is 5.75 Å². The van der Waals surface area contributed by atoms with Gasteiger partial charge < -0.3 is 14.3 Å². The Morgan fingerprint density at radius 2 is 1.22 bits per heavy atom. The predicted molar refractivity (Wildman–Crippen MR) is 94.3 cm³/mol. The van der Waals surface area contributed by atoms with E-state index in [1.165, 1.54) is 0 Å². The van der Waals surface area contributed by atoms with Crippen LogP contribution in [0.4, 0.5) is 0 Å². The van der Waals surface area contributed by atoms with Gasteiger partial charge in [0.2, 0.25) is 0 Å². The second-order valence-corrected chi connectivity index (χ2v) is 5.97. The lowest BCUT2D eigenvalue weighted by molar-refractivity contribution is 0.375. The highest BCUT2D eigenvalue weighted by atomic mass is 35.5. The molecule has 2 N–H and O–H groups in total. The van der Waals surface area contributed by atoms with E-state index < -0.39 is 8.60 Å². The molecule has 0 heterocycles. The predicted octanol–water partition coefficient (Wildman–Crippen LogP) is 5.26. The summed E-state index contributed by atoms with van der Waals surface area (Å²) >= 11 is 6.45. The third-order valence-electron chi connectivity index (χ3n) is 3.42. The van der Waals surface area contributed by atoms with Crippen LogP contribution in [0.5, 0.6) is 5.75 Å². The molecule has 0 amide bonds. The molecule has 0 radical (unpaired) electrons. The quantitative estimate of drug-likeness (QED) is 0.634. The summed E-state index contributed by atoms with van der Waals surface area (Å²) in [6.45, 7) is 0. The van der Waals surface area contributed by atoms with Crippen molar-refractivity contribution in [3.05, 3.63) is 77.8 Å². The molecule has 3 aromatic carbocycles. The van der Waals surface area contributed by atoms with Gasteiger partial charge in [0.25, 0.3) is 0 Å². The van der Waals surface area contributed by atoms with Crippen LogP contribution in [0.2, 0.25) is 5.02 Å². The van der Waals surface area contributed by atoms with E-state index in [2.05, 4.69) is 0 Å². The molecule has 0 aliphatic heterocycles. The summed E-state index contributed by atoms with van der Waals surface area (Å²) in [7, 11) is -2.52. The maximum absolute atomic E-state index is 9.27. The first-order valence-electron chi connectivity index (χ1n) is 6.96.